The van der Waals surface area contributed by atoms with Crippen molar-refractivity contribution in [1.82, 2.24) is 24.5 Å². The molecule has 0 aliphatic heterocycles. The van der Waals surface area contributed by atoms with E-state index in [-0.39, 0.29) is 12.5 Å². The van der Waals surface area contributed by atoms with Crippen LogP contribution in [0.3, 0.4) is 0 Å². The molecule has 0 saturated carbocycles. The minimum Gasteiger partial charge on any atom is -0.326 e. The van der Waals surface area contributed by atoms with E-state index in [0.717, 1.165) is 17.0 Å². The highest BCUT2D eigenvalue weighted by Gasteiger charge is 2.18. The molecule has 0 saturated heterocycles. The maximum absolute atomic E-state index is 12.7. The number of carbonyl (C=O) groups excluding carboxylic acids is 1. The zero-order valence-electron chi connectivity index (χ0n) is 15.5. The largest absolute Gasteiger partial charge is 0.326 e. The van der Waals surface area contributed by atoms with E-state index in [1.54, 1.807) is 10.6 Å². The first-order valence-electron chi connectivity index (χ1n) is 8.61. The van der Waals surface area contributed by atoms with E-state index in [9.17, 15) is 4.79 Å². The normalized spacial score (nSPS) is 10.7. The SMILES string of the molecule is CCN(CC#N)C(=O)c1ccccc1CSc1nc2nc(C)cc(C)n2n1. The van der Waals surface area contributed by atoms with E-state index in [4.69, 9.17) is 5.26 Å². The predicted molar refractivity (Wildman–Crippen MR) is 103 cm³/mol. The summed E-state index contributed by atoms with van der Waals surface area (Å²) in [5, 5.41) is 14.0. The van der Waals surface area contributed by atoms with Gasteiger partial charge in [-0.05, 0) is 38.5 Å². The standard InChI is InChI=1S/C19H20N6OS/c1-4-24(10-9-20)17(26)16-8-6-5-7-15(16)12-27-19-22-18-21-13(2)11-14(3)25(18)23-19/h5-8,11H,4,10,12H2,1-3H3. The smallest absolute Gasteiger partial charge is 0.255 e. The van der Waals surface area contributed by atoms with Gasteiger partial charge in [-0.3, -0.25) is 4.79 Å². The molecule has 1 amide bonds. The van der Waals surface area contributed by atoms with Crippen LogP contribution < -0.4 is 0 Å². The molecule has 3 aromatic rings. The molecule has 27 heavy (non-hydrogen) atoms. The molecule has 8 heteroatoms. The van der Waals surface area contributed by atoms with E-state index < -0.39 is 0 Å². The van der Waals surface area contributed by atoms with Gasteiger partial charge in [0, 0.05) is 29.2 Å². The second kappa shape index (κ2) is 8.18. The van der Waals surface area contributed by atoms with E-state index in [0.29, 0.717) is 28.8 Å². The van der Waals surface area contributed by atoms with Crippen molar-refractivity contribution < 1.29 is 4.79 Å². The van der Waals surface area contributed by atoms with Gasteiger partial charge in [-0.25, -0.2) is 9.50 Å². The molecule has 2 heterocycles. The second-order valence-electron chi connectivity index (χ2n) is 6.07. The van der Waals surface area contributed by atoms with Crippen LogP contribution in [0.1, 0.15) is 34.2 Å². The number of rotatable bonds is 6. The summed E-state index contributed by atoms with van der Waals surface area (Å²) in [7, 11) is 0. The number of fused-ring (bicyclic) bond motifs is 1. The summed E-state index contributed by atoms with van der Waals surface area (Å²) in [6.45, 7) is 6.33. The fourth-order valence-corrected chi connectivity index (χ4v) is 3.61. The average Bonchev–Trinajstić information content (AvgIpc) is 3.07. The van der Waals surface area contributed by atoms with E-state index >= 15 is 0 Å². The fraction of sp³-hybridized carbons (Fsp3) is 0.316. The van der Waals surface area contributed by atoms with Crippen molar-refractivity contribution in [2.75, 3.05) is 13.1 Å². The van der Waals surface area contributed by atoms with Crippen molar-refractivity contribution in [3.05, 3.63) is 52.8 Å². The molecule has 2 aromatic heterocycles. The highest BCUT2D eigenvalue weighted by Crippen LogP contribution is 2.23. The Bertz CT molecular complexity index is 1020. The highest BCUT2D eigenvalue weighted by atomic mass is 32.2. The Hall–Kier alpha value is -2.92. The van der Waals surface area contributed by atoms with Gasteiger partial charge in [0.1, 0.15) is 6.54 Å². The summed E-state index contributed by atoms with van der Waals surface area (Å²) in [4.78, 5) is 23.1. The van der Waals surface area contributed by atoms with Gasteiger partial charge in [0.15, 0.2) is 0 Å². The van der Waals surface area contributed by atoms with Gasteiger partial charge in [-0.1, -0.05) is 30.0 Å². The van der Waals surface area contributed by atoms with Gasteiger partial charge in [-0.15, -0.1) is 5.10 Å². The van der Waals surface area contributed by atoms with Gasteiger partial charge in [0.2, 0.25) is 5.16 Å². The Morgan fingerprint density at radius 3 is 2.81 bits per heavy atom. The molecule has 0 fully saturated rings. The molecule has 0 radical (unpaired) electrons. The summed E-state index contributed by atoms with van der Waals surface area (Å²) >= 11 is 1.46. The molecular formula is C19H20N6OS. The molecule has 0 unspecified atom stereocenters. The van der Waals surface area contributed by atoms with Gasteiger partial charge in [0.05, 0.1) is 6.07 Å². The Morgan fingerprint density at radius 2 is 2.07 bits per heavy atom. The van der Waals surface area contributed by atoms with Gasteiger partial charge < -0.3 is 4.90 Å². The predicted octanol–water partition coefficient (Wildman–Crippen LogP) is 3.02. The first kappa shape index (κ1) is 18.9. The Kier molecular flexibility index (Phi) is 5.72. The zero-order valence-corrected chi connectivity index (χ0v) is 16.3. The lowest BCUT2D eigenvalue weighted by molar-refractivity contribution is 0.0783. The number of aryl methyl sites for hydroxylation is 2. The molecule has 0 atom stereocenters. The summed E-state index contributed by atoms with van der Waals surface area (Å²) in [6.07, 6.45) is 0. The fourth-order valence-electron chi connectivity index (χ4n) is 2.79. The second-order valence-corrected chi connectivity index (χ2v) is 7.01. The third kappa shape index (κ3) is 4.09. The molecule has 0 spiro atoms. The lowest BCUT2D eigenvalue weighted by atomic mass is 10.1. The van der Waals surface area contributed by atoms with Crippen LogP contribution in [0.15, 0.2) is 35.5 Å². The lowest BCUT2D eigenvalue weighted by Crippen LogP contribution is -2.31. The van der Waals surface area contributed by atoms with Crippen LogP contribution in [0.25, 0.3) is 5.78 Å². The minimum absolute atomic E-state index is 0.0785. The third-order valence-corrected chi connectivity index (χ3v) is 5.02. The number of amides is 1. The van der Waals surface area contributed by atoms with Crippen molar-refractivity contribution in [1.29, 1.82) is 5.26 Å². The Balaban J connectivity index is 1.82. The van der Waals surface area contributed by atoms with Crippen LogP contribution in [-0.4, -0.2) is 43.5 Å². The molecule has 7 nitrogen and oxygen atoms in total. The van der Waals surface area contributed by atoms with Crippen molar-refractivity contribution in [2.45, 2.75) is 31.7 Å². The minimum atomic E-state index is -0.133. The lowest BCUT2D eigenvalue weighted by Gasteiger charge is -2.19. The number of hydrogen-bond acceptors (Lipinski definition) is 6. The summed E-state index contributed by atoms with van der Waals surface area (Å²) < 4.78 is 1.72. The summed E-state index contributed by atoms with van der Waals surface area (Å²) in [5.41, 5.74) is 3.37. The van der Waals surface area contributed by atoms with E-state index in [1.165, 1.54) is 16.7 Å². The molecule has 3 rings (SSSR count). The molecule has 1 aromatic carbocycles. The van der Waals surface area contributed by atoms with Gasteiger partial charge in [0.25, 0.3) is 11.7 Å². The van der Waals surface area contributed by atoms with Crippen molar-refractivity contribution >= 4 is 23.4 Å². The molecule has 0 aliphatic carbocycles. The Morgan fingerprint density at radius 1 is 1.30 bits per heavy atom. The van der Waals surface area contributed by atoms with Gasteiger partial charge >= 0.3 is 0 Å². The highest BCUT2D eigenvalue weighted by molar-refractivity contribution is 7.98. The zero-order chi connectivity index (χ0) is 19.4. The van der Waals surface area contributed by atoms with Crippen LogP contribution in [0, 0.1) is 25.2 Å². The van der Waals surface area contributed by atoms with Crippen LogP contribution >= 0.6 is 11.8 Å². The number of nitrogens with zero attached hydrogens (tertiary/aromatic N) is 6. The number of hydrogen-bond donors (Lipinski definition) is 0. The van der Waals surface area contributed by atoms with Crippen molar-refractivity contribution in [3.63, 3.8) is 0 Å². The quantitative estimate of drug-likeness (QED) is 0.482. The average molecular weight is 380 g/mol. The molecule has 0 aliphatic rings. The molecule has 138 valence electrons. The molecule has 0 bridgehead atoms. The number of aromatic nitrogens is 4. The Labute approximate surface area is 162 Å². The number of thioether (sulfide) groups is 1. The molecular weight excluding hydrogens is 360 g/mol. The number of carbonyl (C=O) groups is 1. The van der Waals surface area contributed by atoms with Crippen LogP contribution in [0.4, 0.5) is 0 Å². The monoisotopic (exact) mass is 380 g/mol. The van der Waals surface area contributed by atoms with Crippen molar-refractivity contribution in [2.24, 2.45) is 0 Å². The van der Waals surface area contributed by atoms with Crippen LogP contribution in [0.2, 0.25) is 0 Å². The maximum atomic E-state index is 12.7. The first-order chi connectivity index (χ1) is 13.0. The topological polar surface area (TPSA) is 87.2 Å². The molecule has 0 N–H and O–H groups in total. The van der Waals surface area contributed by atoms with E-state index in [1.807, 2.05) is 51.1 Å². The van der Waals surface area contributed by atoms with Crippen LogP contribution in [-0.2, 0) is 5.75 Å². The third-order valence-electron chi connectivity index (χ3n) is 4.13. The number of nitriles is 1. The van der Waals surface area contributed by atoms with Gasteiger partial charge in [-0.2, -0.15) is 10.2 Å². The van der Waals surface area contributed by atoms with Crippen LogP contribution in [0.5, 0.6) is 0 Å². The summed E-state index contributed by atoms with van der Waals surface area (Å²) in [6, 6.07) is 11.5. The van der Waals surface area contributed by atoms with E-state index in [2.05, 4.69) is 15.1 Å². The maximum Gasteiger partial charge on any atom is 0.255 e. The summed E-state index contributed by atoms with van der Waals surface area (Å²) in [5.74, 6) is 0.998. The van der Waals surface area contributed by atoms with Crippen molar-refractivity contribution in [3.8, 4) is 6.07 Å². The number of benzene rings is 1. The first-order valence-corrected chi connectivity index (χ1v) is 9.60.